The molecule has 0 aliphatic rings. The molecule has 0 rings (SSSR count). The van der Waals surface area contributed by atoms with Crippen LogP contribution in [0.3, 0.4) is 0 Å². The van der Waals surface area contributed by atoms with Gasteiger partial charge in [-0.25, -0.2) is 0 Å². The summed E-state index contributed by atoms with van der Waals surface area (Å²) in [5.74, 6) is 0.284. The van der Waals surface area contributed by atoms with Crippen LogP contribution < -0.4 is 0 Å². The molecule has 1 N–H and O–H groups in total. The molecule has 0 aromatic rings. The Bertz CT molecular complexity index is 92.9. The Morgan fingerprint density at radius 1 is 1.50 bits per heavy atom. The summed E-state index contributed by atoms with van der Waals surface area (Å²) in [6, 6.07) is 0. The Hall–Kier alpha value is -0.720. The fourth-order valence-corrected chi connectivity index (χ4v) is 0.376. The van der Waals surface area contributed by atoms with E-state index >= 15 is 0 Å². The lowest BCUT2D eigenvalue weighted by atomic mass is 10.3. The first-order valence-electron chi connectivity index (χ1n) is 3.82. The fourth-order valence-electron chi connectivity index (χ4n) is 0.376. The second kappa shape index (κ2) is 11.1. The topological polar surface area (TPSA) is 20.2 Å². The molecule has 60 valence electrons. The first-order valence-corrected chi connectivity index (χ1v) is 3.82. The highest BCUT2D eigenvalue weighted by atomic mass is 16.3. The van der Waals surface area contributed by atoms with Gasteiger partial charge in [-0.15, -0.1) is 0 Å². The first kappa shape index (κ1) is 12.0. The van der Waals surface area contributed by atoms with Crippen molar-refractivity contribution in [2.24, 2.45) is 0 Å². The number of hydrogen-bond donors (Lipinski definition) is 1. The van der Waals surface area contributed by atoms with E-state index in [2.05, 4.69) is 13.5 Å². The maximum atomic E-state index is 8.73. The Labute approximate surface area is 64.1 Å². The molecule has 0 aliphatic heterocycles. The third kappa shape index (κ3) is 10.3. The molecule has 0 heterocycles. The summed E-state index contributed by atoms with van der Waals surface area (Å²) in [6.07, 6.45) is 5.19. The van der Waals surface area contributed by atoms with Crippen molar-refractivity contribution >= 4 is 0 Å². The van der Waals surface area contributed by atoms with E-state index in [4.69, 9.17) is 5.11 Å². The van der Waals surface area contributed by atoms with Gasteiger partial charge in [-0.05, 0) is 18.6 Å². The fraction of sp³-hybridized carbons (Fsp3) is 0.556. The third-order valence-corrected chi connectivity index (χ3v) is 0.851. The van der Waals surface area contributed by atoms with Gasteiger partial charge >= 0.3 is 0 Å². The summed E-state index contributed by atoms with van der Waals surface area (Å²) in [7, 11) is 0. The van der Waals surface area contributed by atoms with Crippen LogP contribution in [-0.2, 0) is 0 Å². The van der Waals surface area contributed by atoms with Crippen LogP contribution in [0.5, 0.6) is 0 Å². The van der Waals surface area contributed by atoms with Crippen LogP contribution in [0.15, 0.2) is 24.5 Å². The molecule has 0 aliphatic carbocycles. The molecule has 0 radical (unpaired) electrons. The predicted octanol–water partition coefficient (Wildman–Crippen LogP) is 3.44. The van der Waals surface area contributed by atoms with Crippen molar-refractivity contribution in [2.45, 2.75) is 33.6 Å². The normalized spacial score (nSPS) is 9.70. The van der Waals surface area contributed by atoms with Gasteiger partial charge in [-0.1, -0.05) is 33.8 Å². The quantitative estimate of drug-likeness (QED) is 0.472. The molecule has 0 atom stereocenters. The molecule has 0 unspecified atom stereocenters. The summed E-state index contributed by atoms with van der Waals surface area (Å²) in [4.78, 5) is 0. The van der Waals surface area contributed by atoms with Crippen molar-refractivity contribution in [1.82, 2.24) is 0 Å². The van der Waals surface area contributed by atoms with E-state index in [1.165, 1.54) is 6.08 Å². The van der Waals surface area contributed by atoms with Crippen molar-refractivity contribution in [3.63, 3.8) is 0 Å². The molecular weight excluding hydrogens is 124 g/mol. The Balaban J connectivity index is 0. The van der Waals surface area contributed by atoms with Gasteiger partial charge in [0.2, 0.25) is 0 Å². The monoisotopic (exact) mass is 142 g/mol. The van der Waals surface area contributed by atoms with Crippen LogP contribution in [0.1, 0.15) is 33.6 Å². The van der Waals surface area contributed by atoms with Crippen molar-refractivity contribution in [3.8, 4) is 0 Å². The smallest absolute Gasteiger partial charge is 0.111 e. The van der Waals surface area contributed by atoms with Gasteiger partial charge in [0.05, 0.1) is 0 Å². The molecule has 0 amide bonds. The zero-order chi connectivity index (χ0) is 8.41. The summed E-state index contributed by atoms with van der Waals surface area (Å²) >= 11 is 0. The highest BCUT2D eigenvalue weighted by molar-refractivity contribution is 5.05. The van der Waals surface area contributed by atoms with Crippen LogP contribution in [0.4, 0.5) is 0 Å². The Morgan fingerprint density at radius 2 is 2.00 bits per heavy atom. The van der Waals surface area contributed by atoms with Gasteiger partial charge in [0.1, 0.15) is 5.76 Å². The molecule has 10 heavy (non-hydrogen) atoms. The van der Waals surface area contributed by atoms with E-state index < -0.39 is 0 Å². The van der Waals surface area contributed by atoms with Crippen LogP contribution in [0.2, 0.25) is 0 Å². The van der Waals surface area contributed by atoms with E-state index in [0.717, 1.165) is 12.8 Å². The lowest BCUT2D eigenvalue weighted by Gasteiger charge is -1.86. The Morgan fingerprint density at radius 3 is 2.30 bits per heavy atom. The van der Waals surface area contributed by atoms with E-state index in [1.807, 2.05) is 13.8 Å². The molecule has 0 saturated heterocycles. The maximum absolute atomic E-state index is 8.73. The summed E-state index contributed by atoms with van der Waals surface area (Å²) < 4.78 is 0. The zero-order valence-corrected chi connectivity index (χ0v) is 7.22. The van der Waals surface area contributed by atoms with Gasteiger partial charge in [0.15, 0.2) is 0 Å². The van der Waals surface area contributed by atoms with E-state index in [1.54, 1.807) is 6.08 Å². The van der Waals surface area contributed by atoms with Gasteiger partial charge in [-0.2, -0.15) is 0 Å². The largest absolute Gasteiger partial charge is 0.508 e. The maximum Gasteiger partial charge on any atom is 0.111 e. The van der Waals surface area contributed by atoms with Crippen molar-refractivity contribution in [2.75, 3.05) is 0 Å². The highest BCUT2D eigenvalue weighted by Crippen LogP contribution is 1.94. The van der Waals surface area contributed by atoms with Crippen molar-refractivity contribution in [3.05, 3.63) is 24.5 Å². The zero-order valence-electron chi connectivity index (χ0n) is 7.22. The average Bonchev–Trinajstić information content (AvgIpc) is 2.04. The van der Waals surface area contributed by atoms with E-state index in [9.17, 15) is 0 Å². The van der Waals surface area contributed by atoms with Gasteiger partial charge in [0.25, 0.3) is 0 Å². The molecule has 1 nitrogen and oxygen atoms in total. The minimum Gasteiger partial charge on any atom is -0.508 e. The number of unbranched alkanes of at least 4 members (excludes halogenated alkanes) is 1. The van der Waals surface area contributed by atoms with Crippen LogP contribution in [0.25, 0.3) is 0 Å². The first-order chi connectivity index (χ1) is 4.81. The standard InChI is InChI=1S/C7H12O.C2H6/c1-3-5-6-7(8)4-2;1-2/h4,6,8H,2-3,5H2,1H3;1-2H3/b7-6+;. The number of rotatable bonds is 3. The number of hydrogen-bond acceptors (Lipinski definition) is 1. The molecule has 0 aromatic carbocycles. The van der Waals surface area contributed by atoms with Crippen molar-refractivity contribution in [1.29, 1.82) is 0 Å². The van der Waals surface area contributed by atoms with Gasteiger partial charge < -0.3 is 5.11 Å². The summed E-state index contributed by atoms with van der Waals surface area (Å²) in [5, 5.41) is 8.73. The molecule has 0 fully saturated rings. The molecule has 1 heteroatoms. The number of aliphatic hydroxyl groups is 1. The lowest BCUT2D eigenvalue weighted by molar-refractivity contribution is 0.429. The molecule has 0 bridgehead atoms. The molecular formula is C9H18O. The second-order valence-corrected chi connectivity index (χ2v) is 1.62. The minimum atomic E-state index is 0.284. The highest BCUT2D eigenvalue weighted by Gasteiger charge is 1.78. The SMILES string of the molecule is C=C/C(O)=C\CCC.CC. The summed E-state index contributed by atoms with van der Waals surface area (Å²) in [5.41, 5.74) is 0. The molecule has 0 spiro atoms. The van der Waals surface area contributed by atoms with Crippen molar-refractivity contribution < 1.29 is 5.11 Å². The number of allylic oxidation sites excluding steroid dienone is 2. The second-order valence-electron chi connectivity index (χ2n) is 1.62. The number of aliphatic hydroxyl groups excluding tert-OH is 1. The lowest BCUT2D eigenvalue weighted by Crippen LogP contribution is -1.71. The van der Waals surface area contributed by atoms with Crippen LogP contribution in [0, 0.1) is 0 Å². The van der Waals surface area contributed by atoms with E-state index in [-0.39, 0.29) is 5.76 Å². The summed E-state index contributed by atoms with van der Waals surface area (Å²) in [6.45, 7) is 9.46. The molecule has 0 saturated carbocycles. The van der Waals surface area contributed by atoms with Gasteiger partial charge in [0, 0.05) is 0 Å². The molecule has 0 aromatic heterocycles. The predicted molar refractivity (Wildman–Crippen MR) is 47.2 cm³/mol. The minimum absolute atomic E-state index is 0.284. The van der Waals surface area contributed by atoms with E-state index in [0.29, 0.717) is 0 Å². The van der Waals surface area contributed by atoms with Crippen LogP contribution in [-0.4, -0.2) is 5.11 Å². The van der Waals surface area contributed by atoms with Gasteiger partial charge in [-0.3, -0.25) is 0 Å². The third-order valence-electron chi connectivity index (χ3n) is 0.851. The van der Waals surface area contributed by atoms with Crippen LogP contribution >= 0.6 is 0 Å². The average molecular weight is 142 g/mol. The Kier molecular flexibility index (Phi) is 13.4.